The first kappa shape index (κ1) is 22.4. The molecule has 46 valence electrons. The van der Waals surface area contributed by atoms with Crippen LogP contribution >= 0.6 is 0 Å². The predicted molar refractivity (Wildman–Crippen MR) is 33.5 cm³/mol. The van der Waals surface area contributed by atoms with E-state index in [4.69, 9.17) is 17.5 Å². The summed E-state index contributed by atoms with van der Waals surface area (Å²) in [6.45, 7) is 0. The summed E-state index contributed by atoms with van der Waals surface area (Å²) in [5.74, 6) is 0. The van der Waals surface area contributed by atoms with Crippen molar-refractivity contribution in [1.29, 1.82) is 0 Å². The molecule has 0 aromatic heterocycles. The van der Waals surface area contributed by atoms with Crippen molar-refractivity contribution in [3.05, 3.63) is 0 Å². The van der Waals surface area contributed by atoms with Crippen LogP contribution in [-0.4, -0.2) is 101 Å². The fourth-order valence-corrected chi connectivity index (χ4v) is 0. The van der Waals surface area contributed by atoms with Gasteiger partial charge in [-0.15, -0.1) is 0 Å². The van der Waals surface area contributed by atoms with E-state index in [1.807, 2.05) is 0 Å². The van der Waals surface area contributed by atoms with Crippen LogP contribution in [0.1, 0.15) is 0 Å². The maximum absolute atomic E-state index is 8.74. The molecule has 0 aliphatic rings. The van der Waals surface area contributed by atoms with Crippen LogP contribution in [0.3, 0.4) is 0 Å². The molecule has 0 fully saturated rings. The van der Waals surface area contributed by atoms with Gasteiger partial charge >= 0.3 is 88.8 Å². The molecule has 0 saturated carbocycles. The topological polar surface area (TPSA) is 106 Å². The molecule has 0 atom stereocenters. The van der Waals surface area contributed by atoms with E-state index in [0.29, 0.717) is 0 Å². The van der Waals surface area contributed by atoms with Crippen LogP contribution in [0.15, 0.2) is 0 Å². The van der Waals surface area contributed by atoms with Gasteiger partial charge in [0.05, 0.1) is 0 Å². The Hall–Kier alpha value is 2.40. The Labute approximate surface area is 109 Å². The van der Waals surface area contributed by atoms with E-state index in [-0.39, 0.29) is 83.9 Å². The van der Waals surface area contributed by atoms with Gasteiger partial charge in [-0.3, -0.25) is 9.11 Å². The van der Waals surface area contributed by atoms with Gasteiger partial charge < -0.3 is 5.48 Å². The SMILES string of the molecule is O.O=S(=O)(O)O.[BaH2].[NaH]. The fraction of sp³-hybridized carbons (Fsp3) is 0. The Morgan fingerprint density at radius 2 is 1.12 bits per heavy atom. The fourth-order valence-electron chi connectivity index (χ4n) is 0. The monoisotopic (exact) mass is 280 g/mol. The second-order valence-corrected chi connectivity index (χ2v) is 1.34. The Morgan fingerprint density at radius 1 is 1.12 bits per heavy atom. The van der Waals surface area contributed by atoms with Crippen LogP contribution in [0, 0.1) is 0 Å². The normalized spacial score (nSPS) is 7.25. The molecule has 5 nitrogen and oxygen atoms in total. The van der Waals surface area contributed by atoms with E-state index >= 15 is 0 Å². The molecule has 0 aromatic carbocycles. The van der Waals surface area contributed by atoms with Gasteiger partial charge in [-0.1, -0.05) is 0 Å². The average Bonchev–Trinajstić information content (AvgIpc) is 0.722. The van der Waals surface area contributed by atoms with Crippen molar-refractivity contribution in [2.75, 3.05) is 0 Å². The zero-order chi connectivity index (χ0) is 4.50. The van der Waals surface area contributed by atoms with Crippen LogP contribution in [0.4, 0.5) is 0 Å². The summed E-state index contributed by atoms with van der Waals surface area (Å²) in [7, 11) is -4.67. The first-order valence-electron chi connectivity index (χ1n) is 0.698. The molecule has 4 N–H and O–H groups in total. The molecule has 0 aromatic rings. The number of rotatable bonds is 0. The zero-order valence-corrected chi connectivity index (χ0v) is 3.44. The Balaban J connectivity index is -0.0000000267. The van der Waals surface area contributed by atoms with Gasteiger partial charge in [0, 0.05) is 0 Å². The minimum atomic E-state index is -4.67. The third-order valence-electron chi connectivity index (χ3n) is 0. The molecule has 0 unspecified atom stereocenters. The molecule has 8 heteroatoms. The van der Waals surface area contributed by atoms with Gasteiger partial charge in [0.25, 0.3) is 0 Å². The first-order valence-corrected chi connectivity index (χ1v) is 2.10. The number of hydrogen-bond donors (Lipinski definition) is 2. The molecule has 0 heterocycles. The van der Waals surface area contributed by atoms with E-state index in [2.05, 4.69) is 0 Å². The van der Waals surface area contributed by atoms with E-state index in [1.54, 1.807) is 0 Å². The molecule has 0 aliphatic heterocycles. The third kappa shape index (κ3) is 79.8. The summed E-state index contributed by atoms with van der Waals surface area (Å²) >= 11 is 0. The molecular formula is H7BaNaO5S. The van der Waals surface area contributed by atoms with Crippen molar-refractivity contribution in [2.45, 2.75) is 0 Å². The van der Waals surface area contributed by atoms with Gasteiger partial charge in [0.15, 0.2) is 0 Å². The predicted octanol–water partition coefficient (Wildman–Crippen LogP) is -3.04. The van der Waals surface area contributed by atoms with Crippen molar-refractivity contribution < 1.29 is 23.0 Å². The maximum atomic E-state index is 8.74. The summed E-state index contributed by atoms with van der Waals surface area (Å²) in [4.78, 5) is 0. The first-order chi connectivity index (χ1) is 2.00. The van der Waals surface area contributed by atoms with Crippen molar-refractivity contribution in [2.24, 2.45) is 0 Å². The molecule has 0 bridgehead atoms. The summed E-state index contributed by atoms with van der Waals surface area (Å²) in [5, 5.41) is 0. The summed E-state index contributed by atoms with van der Waals surface area (Å²) in [5.41, 5.74) is 0. The number of hydrogen-bond acceptors (Lipinski definition) is 2. The van der Waals surface area contributed by atoms with E-state index < -0.39 is 10.4 Å². The quantitative estimate of drug-likeness (QED) is 0.363. The second-order valence-electron chi connectivity index (χ2n) is 0.448. The second kappa shape index (κ2) is 9.40. The Morgan fingerprint density at radius 3 is 1.12 bits per heavy atom. The van der Waals surface area contributed by atoms with Crippen molar-refractivity contribution in [1.82, 2.24) is 0 Å². The van der Waals surface area contributed by atoms with Gasteiger partial charge in [-0.25, -0.2) is 0 Å². The molecule has 0 spiro atoms. The van der Waals surface area contributed by atoms with E-state index in [0.717, 1.165) is 0 Å². The molecule has 0 aliphatic carbocycles. The molecule has 0 rings (SSSR count). The van der Waals surface area contributed by atoms with Crippen molar-refractivity contribution in [3.63, 3.8) is 0 Å². The van der Waals surface area contributed by atoms with E-state index in [1.165, 1.54) is 0 Å². The van der Waals surface area contributed by atoms with Crippen LogP contribution in [0.2, 0.25) is 0 Å². The van der Waals surface area contributed by atoms with Gasteiger partial charge in [-0.05, 0) is 0 Å². The van der Waals surface area contributed by atoms with Gasteiger partial charge in [0.1, 0.15) is 0 Å². The molecule has 0 amide bonds. The van der Waals surface area contributed by atoms with Crippen LogP contribution in [-0.2, 0) is 10.4 Å². The molecule has 0 saturated heterocycles. The minimum absolute atomic E-state index is 0. The molecule has 8 heavy (non-hydrogen) atoms. The van der Waals surface area contributed by atoms with Crippen LogP contribution < -0.4 is 0 Å². The van der Waals surface area contributed by atoms with E-state index in [9.17, 15) is 0 Å². The molecular weight excluding hydrogens is 272 g/mol. The van der Waals surface area contributed by atoms with Crippen molar-refractivity contribution >= 4 is 88.8 Å². The Bertz CT molecular complexity index is 95.6. The zero-order valence-electron chi connectivity index (χ0n) is 2.62. The van der Waals surface area contributed by atoms with Gasteiger partial charge in [-0.2, -0.15) is 8.42 Å². The third-order valence-corrected chi connectivity index (χ3v) is 0. The standard InChI is InChI=1S/Ba.Na.H2O4S.H2O.3H/c;;1-5(2,3)4;;;;/h;;(H2,1,2,3,4);1H2;;;. The van der Waals surface area contributed by atoms with Crippen LogP contribution in [0.5, 0.6) is 0 Å². The Kier molecular flexibility index (Phi) is 26.4. The van der Waals surface area contributed by atoms with Crippen LogP contribution in [0.25, 0.3) is 0 Å². The average molecular weight is 279 g/mol. The molecule has 0 radical (unpaired) electrons. The summed E-state index contributed by atoms with van der Waals surface area (Å²) < 4.78 is 31.6. The summed E-state index contributed by atoms with van der Waals surface area (Å²) in [6, 6.07) is 0. The van der Waals surface area contributed by atoms with Crippen molar-refractivity contribution in [3.8, 4) is 0 Å². The van der Waals surface area contributed by atoms with Gasteiger partial charge in [0.2, 0.25) is 0 Å². The summed E-state index contributed by atoms with van der Waals surface area (Å²) in [6.07, 6.45) is 0.